The van der Waals surface area contributed by atoms with Gasteiger partial charge in [0.1, 0.15) is 20.6 Å². The van der Waals surface area contributed by atoms with Gasteiger partial charge in [-0.15, -0.1) is 0 Å². The first-order chi connectivity index (χ1) is 10.9. The van der Waals surface area contributed by atoms with Crippen LogP contribution >= 0.6 is 0 Å². The predicted octanol–water partition coefficient (Wildman–Crippen LogP) is 0.256. The maximum absolute atomic E-state index is 12.5. The van der Waals surface area contributed by atoms with Crippen molar-refractivity contribution in [2.45, 2.75) is 37.7 Å². The lowest BCUT2D eigenvalue weighted by molar-refractivity contribution is -0.229. The molecule has 0 aromatic heterocycles. The molecule has 4 atom stereocenters. The van der Waals surface area contributed by atoms with E-state index in [4.69, 9.17) is 14.3 Å². The minimum atomic E-state index is -1.19. The summed E-state index contributed by atoms with van der Waals surface area (Å²) < 4.78 is 11.2. The van der Waals surface area contributed by atoms with Crippen molar-refractivity contribution in [2.24, 2.45) is 5.92 Å². The summed E-state index contributed by atoms with van der Waals surface area (Å²) in [6.07, 6.45) is -0.339. The lowest BCUT2D eigenvalue weighted by Crippen LogP contribution is -2.57. The van der Waals surface area contributed by atoms with Gasteiger partial charge in [0.15, 0.2) is 5.60 Å². The van der Waals surface area contributed by atoms with E-state index in [0.717, 1.165) is 5.56 Å². The number of benzene rings is 1. The summed E-state index contributed by atoms with van der Waals surface area (Å²) in [5.41, 5.74) is -0.286. The lowest BCUT2D eigenvalue weighted by atomic mass is 9.79. The molecule has 2 saturated heterocycles. The van der Waals surface area contributed by atoms with Gasteiger partial charge in [-0.2, -0.15) is 0 Å². The van der Waals surface area contributed by atoms with Crippen molar-refractivity contribution in [3.63, 3.8) is 0 Å². The Labute approximate surface area is 136 Å². The van der Waals surface area contributed by atoms with E-state index in [1.165, 1.54) is 5.06 Å². The van der Waals surface area contributed by atoms with Gasteiger partial charge in [0.2, 0.25) is 0 Å². The molecule has 2 aliphatic rings. The van der Waals surface area contributed by atoms with Crippen LogP contribution in [-0.4, -0.2) is 49.5 Å². The molecule has 1 amide bonds. The first-order valence-electron chi connectivity index (χ1n) is 7.76. The van der Waals surface area contributed by atoms with Crippen molar-refractivity contribution < 1.29 is 23.9 Å². The normalized spacial score (nSPS) is 32.9. The van der Waals surface area contributed by atoms with Gasteiger partial charge >= 0.3 is 5.97 Å². The molecule has 1 aromatic rings. The molecule has 1 aromatic carbocycles. The van der Waals surface area contributed by atoms with Crippen LogP contribution in [0.2, 0.25) is 0 Å². The zero-order valence-corrected chi connectivity index (χ0v) is 13.5. The minimum absolute atomic E-state index is 0.103. The van der Waals surface area contributed by atoms with Gasteiger partial charge in [-0.05, 0) is 5.56 Å². The molecule has 2 aliphatic heterocycles. The Bertz CT molecular complexity index is 610. The molecule has 1 unspecified atom stereocenters. The highest BCUT2D eigenvalue weighted by atomic mass is 16.7. The van der Waals surface area contributed by atoms with Gasteiger partial charge in [0.05, 0.1) is 12.4 Å². The van der Waals surface area contributed by atoms with Crippen LogP contribution < -0.4 is 0 Å². The van der Waals surface area contributed by atoms with E-state index in [1.807, 2.05) is 45.1 Å². The van der Waals surface area contributed by atoms with Gasteiger partial charge in [-0.3, -0.25) is 14.4 Å². The quantitative estimate of drug-likeness (QED) is 0.589. The zero-order chi connectivity index (χ0) is 16.6. The van der Waals surface area contributed by atoms with Crippen LogP contribution in [0, 0.1) is 5.92 Å². The molecule has 0 radical (unpaired) electrons. The van der Waals surface area contributed by atoms with Crippen LogP contribution in [-0.2, 0) is 30.5 Å². The summed E-state index contributed by atoms with van der Waals surface area (Å²) in [4.78, 5) is 30.4. The standard InChI is InChI=1S/C16H20BNO5/c1-10-13-14(17)22-16(10,15(20)18(2)23-13)8-12(19)21-9-11-6-4-3-5-7-11/h3-7,10,13-14H,8-9,17H2,1-2H3/t10?,13-,14+,16+/m0/s1. The monoisotopic (exact) mass is 317 g/mol. The Morgan fingerprint density at radius 1 is 1.39 bits per heavy atom. The van der Waals surface area contributed by atoms with E-state index >= 15 is 0 Å². The molecule has 23 heavy (non-hydrogen) atoms. The highest BCUT2D eigenvalue weighted by molar-refractivity contribution is 6.12. The molecule has 2 heterocycles. The third-order valence-corrected chi connectivity index (χ3v) is 4.66. The van der Waals surface area contributed by atoms with Crippen LogP contribution in [0.1, 0.15) is 18.9 Å². The summed E-state index contributed by atoms with van der Waals surface area (Å²) in [5.74, 6) is -0.982. The SMILES string of the molecule is B[C@@H]1O[C@@]2(CC(=O)OCc3ccccc3)C(=O)N(C)O[C@H]1C2C. The number of hydrogen-bond donors (Lipinski definition) is 0. The second kappa shape index (κ2) is 5.98. The zero-order valence-electron chi connectivity index (χ0n) is 13.5. The minimum Gasteiger partial charge on any atom is -0.461 e. The number of esters is 1. The number of hydrogen-bond acceptors (Lipinski definition) is 5. The molecular formula is C16H20BNO5. The molecule has 7 heteroatoms. The molecule has 0 aliphatic carbocycles. The van der Waals surface area contributed by atoms with Crippen molar-refractivity contribution in [3.05, 3.63) is 35.9 Å². The Morgan fingerprint density at radius 2 is 2.09 bits per heavy atom. The van der Waals surface area contributed by atoms with Crippen LogP contribution in [0.3, 0.4) is 0 Å². The highest BCUT2D eigenvalue weighted by Crippen LogP contribution is 2.44. The number of rotatable bonds is 4. The van der Waals surface area contributed by atoms with Crippen molar-refractivity contribution >= 4 is 19.7 Å². The molecular weight excluding hydrogens is 297 g/mol. The number of likely N-dealkylation sites (N-methyl/N-ethyl adjacent to an activating group) is 1. The molecule has 2 fully saturated rings. The summed E-state index contributed by atoms with van der Waals surface area (Å²) in [5, 5.41) is 1.18. The molecule has 6 nitrogen and oxygen atoms in total. The largest absolute Gasteiger partial charge is 0.461 e. The lowest BCUT2D eigenvalue weighted by Gasteiger charge is -2.39. The predicted molar refractivity (Wildman–Crippen MR) is 83.8 cm³/mol. The van der Waals surface area contributed by atoms with Crippen LogP contribution in [0.15, 0.2) is 30.3 Å². The van der Waals surface area contributed by atoms with Gasteiger partial charge in [0.25, 0.3) is 5.91 Å². The molecule has 3 rings (SSSR count). The number of carbonyl (C=O) groups is 2. The first kappa shape index (κ1) is 16.0. The molecule has 122 valence electrons. The molecule has 0 N–H and O–H groups in total. The summed E-state index contributed by atoms with van der Waals surface area (Å²) >= 11 is 0. The van der Waals surface area contributed by atoms with Gasteiger partial charge in [-0.25, -0.2) is 5.06 Å². The summed E-state index contributed by atoms with van der Waals surface area (Å²) in [7, 11) is 3.40. The van der Waals surface area contributed by atoms with Crippen molar-refractivity contribution in [1.82, 2.24) is 5.06 Å². The number of ether oxygens (including phenoxy) is 2. The van der Waals surface area contributed by atoms with Crippen LogP contribution in [0.4, 0.5) is 0 Å². The van der Waals surface area contributed by atoms with Crippen molar-refractivity contribution in [2.75, 3.05) is 7.05 Å². The molecule has 0 saturated carbocycles. The number of amides is 1. The van der Waals surface area contributed by atoms with Crippen LogP contribution in [0.5, 0.6) is 0 Å². The maximum Gasteiger partial charge on any atom is 0.309 e. The van der Waals surface area contributed by atoms with E-state index in [0.29, 0.717) is 0 Å². The Kier molecular flexibility index (Phi) is 4.16. The average molecular weight is 317 g/mol. The fourth-order valence-corrected chi connectivity index (χ4v) is 3.38. The van der Waals surface area contributed by atoms with E-state index in [1.54, 1.807) is 7.05 Å². The fraction of sp³-hybridized carbons (Fsp3) is 0.500. The van der Waals surface area contributed by atoms with E-state index in [2.05, 4.69) is 0 Å². The number of carbonyl (C=O) groups excluding carboxylic acids is 2. The van der Waals surface area contributed by atoms with E-state index in [9.17, 15) is 9.59 Å². The molecule has 0 spiro atoms. The second-order valence-corrected chi connectivity index (χ2v) is 6.20. The van der Waals surface area contributed by atoms with Crippen molar-refractivity contribution in [1.29, 1.82) is 0 Å². The third kappa shape index (κ3) is 2.75. The van der Waals surface area contributed by atoms with Crippen molar-refractivity contribution in [3.8, 4) is 0 Å². The summed E-state index contributed by atoms with van der Waals surface area (Å²) in [6.45, 7) is 2.06. The number of nitrogens with zero attached hydrogens (tertiary/aromatic N) is 1. The van der Waals surface area contributed by atoms with Gasteiger partial charge < -0.3 is 9.47 Å². The first-order valence-corrected chi connectivity index (χ1v) is 7.76. The second-order valence-electron chi connectivity index (χ2n) is 6.20. The highest BCUT2D eigenvalue weighted by Gasteiger charge is 2.62. The fourth-order valence-electron chi connectivity index (χ4n) is 3.38. The Balaban J connectivity index is 1.70. The van der Waals surface area contributed by atoms with Gasteiger partial charge in [0, 0.05) is 13.0 Å². The Morgan fingerprint density at radius 3 is 2.78 bits per heavy atom. The van der Waals surface area contributed by atoms with Crippen LogP contribution in [0.25, 0.3) is 0 Å². The number of fused-ring (bicyclic) bond motifs is 2. The van der Waals surface area contributed by atoms with E-state index < -0.39 is 11.6 Å². The topological polar surface area (TPSA) is 65.1 Å². The maximum atomic E-state index is 12.5. The molecule has 2 bridgehead atoms. The number of hydroxylamine groups is 2. The Hall–Kier alpha value is -1.86. The van der Waals surface area contributed by atoms with Gasteiger partial charge in [-0.1, -0.05) is 37.3 Å². The average Bonchev–Trinajstić information content (AvgIpc) is 2.72. The smallest absolute Gasteiger partial charge is 0.309 e. The van der Waals surface area contributed by atoms with E-state index in [-0.39, 0.29) is 37.0 Å². The summed E-state index contributed by atoms with van der Waals surface area (Å²) in [6, 6.07) is 9.18. The third-order valence-electron chi connectivity index (χ3n) is 4.66.